The van der Waals surface area contributed by atoms with Crippen LogP contribution in [0.2, 0.25) is 0 Å². The number of hydrogen-bond acceptors (Lipinski definition) is 2. The van der Waals surface area contributed by atoms with E-state index in [4.69, 9.17) is 4.42 Å². The smallest absolute Gasteiger partial charge is 0.159 e. The molecule has 8 aromatic rings. The van der Waals surface area contributed by atoms with Crippen LogP contribution in [0.5, 0.6) is 0 Å². The predicted octanol–water partition coefficient (Wildman–Crippen LogP) is 10.8. The molecule has 0 aliphatic heterocycles. The maximum Gasteiger partial charge on any atom is 0.159 e. The van der Waals surface area contributed by atoms with Crippen LogP contribution in [0, 0.1) is 0 Å². The van der Waals surface area contributed by atoms with Crippen LogP contribution < -0.4 is 5.32 Å². The zero-order valence-electron chi connectivity index (χ0n) is 23.3. The van der Waals surface area contributed by atoms with Gasteiger partial charge in [0.25, 0.3) is 0 Å². The minimum absolute atomic E-state index is 0.366. The van der Waals surface area contributed by atoms with Gasteiger partial charge in [-0.15, -0.1) is 0 Å². The molecule has 200 valence electrons. The van der Waals surface area contributed by atoms with Crippen molar-refractivity contribution in [1.29, 1.82) is 0 Å². The second-order valence-corrected chi connectivity index (χ2v) is 11.7. The standard InChI is InChI=1S/C41H25NO/c1-2-12-27-25(11-1)23-37(40-39(27)32-16-6-10-20-38(32)43-40)42-26-21-22-31-30-15-5-9-19-35(30)41(36(31)24-26)33-17-7-3-13-28(33)29-14-4-8-18-34(29)41/h1-24,42H. The molecule has 1 heterocycles. The van der Waals surface area contributed by atoms with E-state index in [1.165, 1.54) is 55.3 Å². The highest BCUT2D eigenvalue weighted by Crippen LogP contribution is 2.63. The van der Waals surface area contributed by atoms with Gasteiger partial charge in [-0.05, 0) is 79.5 Å². The van der Waals surface area contributed by atoms with Gasteiger partial charge in [0.15, 0.2) is 5.58 Å². The molecule has 0 atom stereocenters. The summed E-state index contributed by atoms with van der Waals surface area (Å²) in [6, 6.07) is 52.8. The van der Waals surface area contributed by atoms with Gasteiger partial charge in [-0.1, -0.05) is 121 Å². The third-order valence-corrected chi connectivity index (χ3v) is 9.65. The zero-order chi connectivity index (χ0) is 28.1. The maximum atomic E-state index is 6.53. The SMILES string of the molecule is c1ccc2c(c1)-c1ccccc1C21c2ccccc2-c2ccc(Nc3cc4ccccc4c4c3oc3ccccc34)cc21. The van der Waals surface area contributed by atoms with E-state index in [1.807, 2.05) is 6.07 Å². The number of fused-ring (bicyclic) bond motifs is 15. The lowest BCUT2D eigenvalue weighted by Gasteiger charge is -2.30. The molecule has 0 saturated carbocycles. The Morgan fingerprint density at radius 3 is 1.72 bits per heavy atom. The monoisotopic (exact) mass is 547 g/mol. The maximum absolute atomic E-state index is 6.53. The summed E-state index contributed by atoms with van der Waals surface area (Å²) in [5, 5.41) is 8.50. The largest absolute Gasteiger partial charge is 0.454 e. The Morgan fingerprint density at radius 2 is 1.02 bits per heavy atom. The minimum atomic E-state index is -0.366. The summed E-state index contributed by atoms with van der Waals surface area (Å²) in [5.41, 5.74) is 14.0. The average Bonchev–Trinajstić information content (AvgIpc) is 3.70. The highest BCUT2D eigenvalue weighted by atomic mass is 16.3. The fraction of sp³-hybridized carbons (Fsp3) is 0.0244. The van der Waals surface area contributed by atoms with E-state index >= 15 is 0 Å². The number of benzene rings is 7. The van der Waals surface area contributed by atoms with Crippen molar-refractivity contribution in [2.24, 2.45) is 0 Å². The number of anilines is 2. The molecule has 2 aliphatic rings. The fourth-order valence-corrected chi connectivity index (χ4v) is 8.00. The summed E-state index contributed by atoms with van der Waals surface area (Å²) < 4.78 is 6.53. The van der Waals surface area contributed by atoms with Crippen molar-refractivity contribution >= 4 is 44.1 Å². The molecule has 0 saturated heterocycles. The van der Waals surface area contributed by atoms with E-state index in [0.29, 0.717) is 0 Å². The molecular weight excluding hydrogens is 522 g/mol. The Kier molecular flexibility index (Phi) is 4.41. The third-order valence-electron chi connectivity index (χ3n) is 9.65. The predicted molar refractivity (Wildman–Crippen MR) is 177 cm³/mol. The van der Waals surface area contributed by atoms with Gasteiger partial charge < -0.3 is 9.73 Å². The minimum Gasteiger partial charge on any atom is -0.454 e. The van der Waals surface area contributed by atoms with E-state index in [2.05, 4.69) is 145 Å². The highest BCUT2D eigenvalue weighted by Gasteiger charge is 2.51. The van der Waals surface area contributed by atoms with Crippen LogP contribution in [-0.4, -0.2) is 0 Å². The Balaban J connectivity index is 1.23. The summed E-state index contributed by atoms with van der Waals surface area (Å²) in [5.74, 6) is 0. The number of hydrogen-bond donors (Lipinski definition) is 1. The van der Waals surface area contributed by atoms with E-state index in [0.717, 1.165) is 33.3 Å². The Labute approximate surface area is 248 Å². The van der Waals surface area contributed by atoms with Gasteiger partial charge in [-0.2, -0.15) is 0 Å². The first-order valence-corrected chi connectivity index (χ1v) is 14.9. The van der Waals surface area contributed by atoms with Gasteiger partial charge in [0.1, 0.15) is 5.58 Å². The van der Waals surface area contributed by atoms with Gasteiger partial charge >= 0.3 is 0 Å². The molecule has 0 fully saturated rings. The lowest BCUT2D eigenvalue weighted by atomic mass is 9.70. The van der Waals surface area contributed by atoms with Crippen LogP contribution in [0.25, 0.3) is 55.0 Å². The van der Waals surface area contributed by atoms with Crippen molar-refractivity contribution in [3.8, 4) is 22.3 Å². The Morgan fingerprint density at radius 1 is 0.465 bits per heavy atom. The van der Waals surface area contributed by atoms with Gasteiger partial charge in [-0.25, -0.2) is 0 Å². The average molecular weight is 548 g/mol. The summed E-state index contributed by atoms with van der Waals surface area (Å²) in [4.78, 5) is 0. The number of para-hydroxylation sites is 1. The number of rotatable bonds is 2. The molecule has 7 aromatic carbocycles. The molecule has 0 radical (unpaired) electrons. The quantitative estimate of drug-likeness (QED) is 0.233. The number of nitrogens with one attached hydrogen (secondary N) is 1. The summed E-state index contributed by atoms with van der Waals surface area (Å²) in [6.07, 6.45) is 0. The van der Waals surface area contributed by atoms with E-state index in [-0.39, 0.29) is 5.41 Å². The van der Waals surface area contributed by atoms with Crippen molar-refractivity contribution in [1.82, 2.24) is 0 Å². The van der Waals surface area contributed by atoms with Crippen molar-refractivity contribution in [3.63, 3.8) is 0 Å². The summed E-state index contributed by atoms with van der Waals surface area (Å²) in [7, 11) is 0. The fourth-order valence-electron chi connectivity index (χ4n) is 8.00. The van der Waals surface area contributed by atoms with E-state index < -0.39 is 0 Å². The van der Waals surface area contributed by atoms with Crippen LogP contribution in [0.4, 0.5) is 11.4 Å². The summed E-state index contributed by atoms with van der Waals surface area (Å²) >= 11 is 0. The zero-order valence-corrected chi connectivity index (χ0v) is 23.3. The van der Waals surface area contributed by atoms with Crippen LogP contribution in [0.1, 0.15) is 22.3 Å². The molecule has 43 heavy (non-hydrogen) atoms. The lowest BCUT2D eigenvalue weighted by molar-refractivity contribution is 0.670. The van der Waals surface area contributed by atoms with E-state index in [1.54, 1.807) is 0 Å². The normalized spacial score (nSPS) is 13.8. The van der Waals surface area contributed by atoms with Crippen LogP contribution in [-0.2, 0) is 5.41 Å². The molecule has 0 unspecified atom stereocenters. The lowest BCUT2D eigenvalue weighted by Crippen LogP contribution is -2.25. The second kappa shape index (κ2) is 8.24. The molecule has 0 bridgehead atoms. The van der Waals surface area contributed by atoms with Crippen molar-refractivity contribution in [2.45, 2.75) is 5.41 Å². The molecule has 0 amide bonds. The number of furan rings is 1. The van der Waals surface area contributed by atoms with Gasteiger partial charge in [-0.3, -0.25) is 0 Å². The Hall–Kier alpha value is -5.60. The molecule has 10 rings (SSSR count). The van der Waals surface area contributed by atoms with Gasteiger partial charge in [0, 0.05) is 16.5 Å². The molecule has 2 nitrogen and oxygen atoms in total. The third kappa shape index (κ3) is 2.88. The van der Waals surface area contributed by atoms with Gasteiger partial charge in [0.05, 0.1) is 11.1 Å². The first-order chi connectivity index (χ1) is 21.3. The van der Waals surface area contributed by atoms with Crippen molar-refractivity contribution in [2.75, 3.05) is 5.32 Å². The molecule has 1 spiro atoms. The molecule has 2 aliphatic carbocycles. The van der Waals surface area contributed by atoms with Gasteiger partial charge in [0.2, 0.25) is 0 Å². The topological polar surface area (TPSA) is 25.2 Å². The molecular formula is C41H25NO. The second-order valence-electron chi connectivity index (χ2n) is 11.7. The molecule has 1 N–H and O–H groups in total. The first-order valence-electron chi connectivity index (χ1n) is 14.9. The molecule has 1 aromatic heterocycles. The highest BCUT2D eigenvalue weighted by molar-refractivity contribution is 6.22. The van der Waals surface area contributed by atoms with Crippen LogP contribution in [0.3, 0.4) is 0 Å². The first kappa shape index (κ1) is 23.0. The van der Waals surface area contributed by atoms with Crippen molar-refractivity contribution < 1.29 is 4.42 Å². The van der Waals surface area contributed by atoms with E-state index in [9.17, 15) is 0 Å². The molecule has 2 heteroatoms. The van der Waals surface area contributed by atoms with Crippen LogP contribution in [0.15, 0.2) is 150 Å². The van der Waals surface area contributed by atoms with Crippen molar-refractivity contribution in [3.05, 3.63) is 168 Å². The summed E-state index contributed by atoms with van der Waals surface area (Å²) in [6.45, 7) is 0. The van der Waals surface area contributed by atoms with Crippen LogP contribution >= 0.6 is 0 Å². The Bertz CT molecular complexity index is 2380.